The van der Waals surface area contributed by atoms with Crippen LogP contribution >= 0.6 is 0 Å². The fourth-order valence-electron chi connectivity index (χ4n) is 6.86. The molecule has 1 atom stereocenters. The minimum Gasteiger partial charge on any atom is -0.462 e. The van der Waals surface area contributed by atoms with E-state index in [-0.39, 0.29) is 31.1 Å². The summed E-state index contributed by atoms with van der Waals surface area (Å²) < 4.78 is 16.7. The van der Waals surface area contributed by atoms with Crippen molar-refractivity contribution in [3.05, 3.63) is 72.9 Å². The first kappa shape index (κ1) is 57.9. The topological polar surface area (TPSA) is 78.9 Å². The quantitative estimate of drug-likeness (QED) is 0.0200. The standard InChI is InChI=1S/C55H94O6/c1-4-7-10-13-16-19-21-23-25-27-28-30-31-33-36-39-42-45-48-54(57)60-51-52(50-59-53(56)47-44-41-38-35-18-15-12-9-6-3)61-55(58)49-46-43-40-37-34-32-29-26-24-22-20-17-14-11-8-5-2/h8,11,17,20,24-28,30,35,38,52H,4-7,9-10,12-16,18-19,21-23,29,31-34,36-37,39-51H2,1-3H3/b11-8-,20-17-,26-24-,27-25-,30-28-,38-35-. The van der Waals surface area contributed by atoms with Crippen molar-refractivity contribution >= 4 is 17.9 Å². The molecule has 0 saturated carbocycles. The molecule has 61 heavy (non-hydrogen) atoms. The van der Waals surface area contributed by atoms with Gasteiger partial charge in [0.15, 0.2) is 6.10 Å². The molecule has 0 aliphatic rings. The van der Waals surface area contributed by atoms with Gasteiger partial charge in [-0.1, -0.05) is 196 Å². The molecular weight excluding hydrogens is 757 g/mol. The molecule has 0 aliphatic carbocycles. The Hall–Kier alpha value is -3.15. The fraction of sp³-hybridized carbons (Fsp3) is 0.727. The van der Waals surface area contributed by atoms with E-state index in [9.17, 15) is 14.4 Å². The highest BCUT2D eigenvalue weighted by atomic mass is 16.6. The van der Waals surface area contributed by atoms with Crippen molar-refractivity contribution < 1.29 is 28.6 Å². The van der Waals surface area contributed by atoms with Crippen molar-refractivity contribution in [2.24, 2.45) is 0 Å². The van der Waals surface area contributed by atoms with E-state index in [4.69, 9.17) is 14.2 Å². The number of allylic oxidation sites excluding steroid dienone is 12. The third kappa shape index (κ3) is 47.7. The van der Waals surface area contributed by atoms with Gasteiger partial charge >= 0.3 is 17.9 Å². The van der Waals surface area contributed by atoms with E-state index in [0.29, 0.717) is 25.7 Å². The average Bonchev–Trinajstić information content (AvgIpc) is 3.26. The Morgan fingerprint density at radius 3 is 1.20 bits per heavy atom. The first-order valence-electron chi connectivity index (χ1n) is 25.5. The average molecular weight is 851 g/mol. The second-order valence-electron chi connectivity index (χ2n) is 16.7. The number of carbonyl (C=O) groups excluding carboxylic acids is 3. The van der Waals surface area contributed by atoms with Gasteiger partial charge in [-0.2, -0.15) is 0 Å². The van der Waals surface area contributed by atoms with Crippen molar-refractivity contribution in [2.75, 3.05) is 13.2 Å². The van der Waals surface area contributed by atoms with Crippen molar-refractivity contribution in [3.8, 4) is 0 Å². The lowest BCUT2D eigenvalue weighted by molar-refractivity contribution is -0.167. The Balaban J connectivity index is 4.39. The predicted octanol–water partition coefficient (Wildman–Crippen LogP) is 16.6. The van der Waals surface area contributed by atoms with Crippen LogP contribution in [0.3, 0.4) is 0 Å². The highest BCUT2D eigenvalue weighted by Crippen LogP contribution is 2.13. The largest absolute Gasteiger partial charge is 0.462 e. The van der Waals surface area contributed by atoms with Crippen LogP contribution in [-0.2, 0) is 28.6 Å². The first-order chi connectivity index (χ1) is 30.0. The van der Waals surface area contributed by atoms with Crippen LogP contribution in [-0.4, -0.2) is 37.2 Å². The SMILES string of the molecule is CC/C=C\C/C=C\C/C=C\CCCCCCCCC(=O)OC(COC(=O)CCC/C=C\CCCCCC)COC(=O)CCCCCCC/C=C\C=C/CCCCCCCCC. The highest BCUT2D eigenvalue weighted by molar-refractivity contribution is 5.71. The zero-order valence-electron chi connectivity index (χ0n) is 39.9. The van der Waals surface area contributed by atoms with Crippen molar-refractivity contribution in [3.63, 3.8) is 0 Å². The van der Waals surface area contributed by atoms with Crippen LogP contribution in [0, 0.1) is 0 Å². The zero-order valence-corrected chi connectivity index (χ0v) is 39.9. The Bertz CT molecular complexity index is 1160. The van der Waals surface area contributed by atoms with Crippen molar-refractivity contribution in [2.45, 2.75) is 245 Å². The predicted molar refractivity (Wildman–Crippen MR) is 261 cm³/mol. The molecule has 0 fully saturated rings. The molecule has 0 saturated heterocycles. The van der Waals surface area contributed by atoms with Gasteiger partial charge in [0.1, 0.15) is 13.2 Å². The summed E-state index contributed by atoms with van der Waals surface area (Å²) in [7, 11) is 0. The summed E-state index contributed by atoms with van der Waals surface area (Å²) in [5.74, 6) is -0.962. The molecule has 0 amide bonds. The van der Waals surface area contributed by atoms with E-state index in [1.54, 1.807) is 0 Å². The molecule has 350 valence electrons. The van der Waals surface area contributed by atoms with E-state index < -0.39 is 6.10 Å². The number of carbonyl (C=O) groups is 3. The van der Waals surface area contributed by atoms with Gasteiger partial charge in [0.25, 0.3) is 0 Å². The van der Waals surface area contributed by atoms with Crippen LogP contribution in [0.25, 0.3) is 0 Å². The Morgan fingerprint density at radius 2 is 0.705 bits per heavy atom. The van der Waals surface area contributed by atoms with Gasteiger partial charge in [-0.3, -0.25) is 14.4 Å². The maximum absolute atomic E-state index is 12.8. The van der Waals surface area contributed by atoms with Crippen LogP contribution in [0.4, 0.5) is 0 Å². The molecule has 0 rings (SSSR count). The molecule has 0 spiro atoms. The third-order valence-electron chi connectivity index (χ3n) is 10.7. The summed E-state index contributed by atoms with van der Waals surface area (Å²) in [4.78, 5) is 37.8. The van der Waals surface area contributed by atoms with E-state index in [0.717, 1.165) is 103 Å². The molecule has 0 heterocycles. The molecule has 0 bridgehead atoms. The van der Waals surface area contributed by atoms with Crippen molar-refractivity contribution in [1.82, 2.24) is 0 Å². The number of rotatable bonds is 45. The molecule has 6 nitrogen and oxygen atoms in total. The Morgan fingerprint density at radius 1 is 0.361 bits per heavy atom. The molecule has 0 N–H and O–H groups in total. The maximum atomic E-state index is 12.8. The minimum absolute atomic E-state index is 0.0977. The summed E-state index contributed by atoms with van der Waals surface area (Å²) in [5, 5.41) is 0. The van der Waals surface area contributed by atoms with Crippen LogP contribution in [0.15, 0.2) is 72.9 Å². The first-order valence-corrected chi connectivity index (χ1v) is 25.5. The van der Waals surface area contributed by atoms with Crippen LogP contribution in [0.2, 0.25) is 0 Å². The molecule has 0 radical (unpaired) electrons. The summed E-state index contributed by atoms with van der Waals surface area (Å²) in [6.45, 7) is 6.43. The lowest BCUT2D eigenvalue weighted by atomic mass is 10.1. The van der Waals surface area contributed by atoms with Crippen LogP contribution < -0.4 is 0 Å². The molecule has 0 aromatic heterocycles. The molecule has 6 heteroatoms. The van der Waals surface area contributed by atoms with Crippen molar-refractivity contribution in [1.29, 1.82) is 0 Å². The lowest BCUT2D eigenvalue weighted by Crippen LogP contribution is -2.30. The number of hydrogen-bond acceptors (Lipinski definition) is 6. The van der Waals surface area contributed by atoms with E-state index in [1.807, 2.05) is 0 Å². The van der Waals surface area contributed by atoms with E-state index in [1.165, 1.54) is 89.9 Å². The molecule has 0 aromatic rings. The zero-order chi connectivity index (χ0) is 44.4. The smallest absolute Gasteiger partial charge is 0.306 e. The monoisotopic (exact) mass is 851 g/mol. The third-order valence-corrected chi connectivity index (χ3v) is 10.7. The number of ether oxygens (including phenoxy) is 3. The molecule has 1 unspecified atom stereocenters. The number of unbranched alkanes of at least 4 members (excludes halogenated alkanes) is 23. The summed E-state index contributed by atoms with van der Waals surface area (Å²) in [5.41, 5.74) is 0. The molecular formula is C55H94O6. The molecule has 0 aliphatic heterocycles. The van der Waals surface area contributed by atoms with Gasteiger partial charge in [-0.05, 0) is 96.3 Å². The molecule has 0 aromatic carbocycles. The second kappa shape index (κ2) is 49.5. The Labute approximate surface area is 376 Å². The van der Waals surface area contributed by atoms with Crippen LogP contribution in [0.1, 0.15) is 239 Å². The van der Waals surface area contributed by atoms with Gasteiger partial charge in [0.05, 0.1) is 0 Å². The maximum Gasteiger partial charge on any atom is 0.306 e. The lowest BCUT2D eigenvalue weighted by Gasteiger charge is -2.18. The normalized spacial score (nSPS) is 12.6. The second-order valence-corrected chi connectivity index (χ2v) is 16.7. The number of hydrogen-bond donors (Lipinski definition) is 0. The summed E-state index contributed by atoms with van der Waals surface area (Å²) >= 11 is 0. The minimum atomic E-state index is -0.798. The van der Waals surface area contributed by atoms with Gasteiger partial charge in [-0.25, -0.2) is 0 Å². The van der Waals surface area contributed by atoms with Gasteiger partial charge in [0, 0.05) is 19.3 Å². The van der Waals surface area contributed by atoms with Gasteiger partial charge in [0.2, 0.25) is 0 Å². The summed E-state index contributed by atoms with van der Waals surface area (Å²) in [6, 6.07) is 0. The van der Waals surface area contributed by atoms with E-state index >= 15 is 0 Å². The Kier molecular flexibility index (Phi) is 46.9. The van der Waals surface area contributed by atoms with E-state index in [2.05, 4.69) is 93.7 Å². The summed E-state index contributed by atoms with van der Waals surface area (Å²) in [6.07, 6.45) is 61.8. The fourth-order valence-corrected chi connectivity index (χ4v) is 6.86. The highest BCUT2D eigenvalue weighted by Gasteiger charge is 2.19. The number of esters is 3. The van der Waals surface area contributed by atoms with Gasteiger partial charge < -0.3 is 14.2 Å². The van der Waals surface area contributed by atoms with Crippen LogP contribution in [0.5, 0.6) is 0 Å². The van der Waals surface area contributed by atoms with Gasteiger partial charge in [-0.15, -0.1) is 0 Å².